The van der Waals surface area contributed by atoms with Gasteiger partial charge in [0.15, 0.2) is 11.5 Å². The maximum Gasteiger partial charge on any atom is 0.254 e. The summed E-state index contributed by atoms with van der Waals surface area (Å²) in [7, 11) is 0. The number of rotatable bonds is 1. The summed E-state index contributed by atoms with van der Waals surface area (Å²) in [6.45, 7) is 1.90. The number of anilines is 1. The van der Waals surface area contributed by atoms with Gasteiger partial charge >= 0.3 is 0 Å². The number of hydrogen-bond donors (Lipinski definition) is 1. The molecule has 8 nitrogen and oxygen atoms in total. The van der Waals surface area contributed by atoms with E-state index in [1.165, 1.54) is 0 Å². The molecule has 0 bridgehead atoms. The second kappa shape index (κ2) is 7.85. The van der Waals surface area contributed by atoms with Gasteiger partial charge in [0.05, 0.1) is 6.61 Å². The molecule has 2 atom stereocenters. The van der Waals surface area contributed by atoms with Crippen molar-refractivity contribution in [3.05, 3.63) is 42.1 Å². The normalized spacial score (nSPS) is 22.9. The average Bonchev–Trinajstić information content (AvgIpc) is 3.23. The van der Waals surface area contributed by atoms with Crippen molar-refractivity contribution in [2.45, 2.75) is 19.3 Å². The second-order valence-electron chi connectivity index (χ2n) is 7.87. The number of amides is 2. The predicted octanol–water partition coefficient (Wildman–Crippen LogP) is 2.70. The van der Waals surface area contributed by atoms with E-state index >= 15 is 0 Å². The maximum atomic E-state index is 13.1. The number of ether oxygens (including phenoxy) is 3. The molecule has 1 fully saturated rings. The Kier molecular flexibility index (Phi) is 4.90. The van der Waals surface area contributed by atoms with Gasteiger partial charge < -0.3 is 24.4 Å². The van der Waals surface area contributed by atoms with Gasteiger partial charge in [0.1, 0.15) is 5.69 Å². The van der Waals surface area contributed by atoms with E-state index in [1.54, 1.807) is 36.5 Å². The van der Waals surface area contributed by atoms with E-state index in [-0.39, 0.29) is 30.4 Å². The lowest BCUT2D eigenvalue weighted by atomic mass is 9.80. The largest absolute Gasteiger partial charge is 0.476 e. The van der Waals surface area contributed by atoms with Gasteiger partial charge in [0.2, 0.25) is 18.6 Å². The van der Waals surface area contributed by atoms with Crippen LogP contribution in [-0.2, 0) is 4.79 Å². The van der Waals surface area contributed by atoms with Crippen LogP contribution in [0.3, 0.4) is 0 Å². The zero-order valence-electron chi connectivity index (χ0n) is 16.5. The monoisotopic (exact) mass is 409 g/mol. The molecule has 2 aromatic rings. The van der Waals surface area contributed by atoms with Crippen LogP contribution in [0.15, 0.2) is 36.5 Å². The van der Waals surface area contributed by atoms with Crippen LogP contribution in [0.25, 0.3) is 0 Å². The number of fused-ring (bicyclic) bond motifs is 3. The minimum Gasteiger partial charge on any atom is -0.476 e. The summed E-state index contributed by atoms with van der Waals surface area (Å²) < 4.78 is 16.6. The third-order valence-electron chi connectivity index (χ3n) is 6.02. The second-order valence-corrected chi connectivity index (χ2v) is 7.87. The van der Waals surface area contributed by atoms with Crippen molar-refractivity contribution in [2.75, 3.05) is 31.8 Å². The number of aromatic nitrogens is 1. The third-order valence-corrected chi connectivity index (χ3v) is 6.02. The van der Waals surface area contributed by atoms with Crippen LogP contribution in [0.5, 0.6) is 17.4 Å². The Morgan fingerprint density at radius 3 is 2.93 bits per heavy atom. The van der Waals surface area contributed by atoms with E-state index in [0.29, 0.717) is 54.7 Å². The maximum absolute atomic E-state index is 13.1. The molecule has 0 unspecified atom stereocenters. The highest BCUT2D eigenvalue weighted by molar-refractivity contribution is 5.95. The van der Waals surface area contributed by atoms with E-state index in [9.17, 15) is 9.59 Å². The zero-order valence-corrected chi connectivity index (χ0v) is 16.5. The van der Waals surface area contributed by atoms with E-state index in [1.807, 2.05) is 4.90 Å². The van der Waals surface area contributed by atoms with Crippen molar-refractivity contribution in [3.8, 4) is 17.4 Å². The Morgan fingerprint density at radius 1 is 1.10 bits per heavy atom. The quantitative estimate of drug-likeness (QED) is 0.779. The molecule has 1 aromatic heterocycles. The lowest BCUT2D eigenvalue weighted by molar-refractivity contribution is -0.118. The molecule has 5 rings (SSSR count). The van der Waals surface area contributed by atoms with Crippen LogP contribution in [0, 0.1) is 11.8 Å². The molecule has 1 N–H and O–H groups in total. The number of pyridine rings is 1. The molecule has 156 valence electrons. The van der Waals surface area contributed by atoms with Gasteiger partial charge in [0, 0.05) is 31.3 Å². The number of carbonyl (C=O) groups is 2. The van der Waals surface area contributed by atoms with Crippen molar-refractivity contribution < 1.29 is 23.8 Å². The number of hydrogen-bond acceptors (Lipinski definition) is 6. The summed E-state index contributed by atoms with van der Waals surface area (Å²) in [6.07, 6.45) is 3.63. The van der Waals surface area contributed by atoms with Gasteiger partial charge in [-0.15, -0.1) is 0 Å². The van der Waals surface area contributed by atoms with Crippen molar-refractivity contribution in [3.63, 3.8) is 0 Å². The minimum absolute atomic E-state index is 0.0266. The molecule has 0 aliphatic carbocycles. The molecule has 3 aliphatic rings. The fourth-order valence-electron chi connectivity index (χ4n) is 4.42. The van der Waals surface area contributed by atoms with Crippen molar-refractivity contribution in [1.82, 2.24) is 9.88 Å². The molecule has 30 heavy (non-hydrogen) atoms. The van der Waals surface area contributed by atoms with Crippen LogP contribution in [0.4, 0.5) is 5.69 Å². The highest BCUT2D eigenvalue weighted by Gasteiger charge is 2.34. The van der Waals surface area contributed by atoms with Crippen molar-refractivity contribution in [1.29, 1.82) is 0 Å². The van der Waals surface area contributed by atoms with E-state index in [0.717, 1.165) is 12.8 Å². The summed E-state index contributed by atoms with van der Waals surface area (Å²) in [6, 6.07) is 8.86. The first-order valence-electron chi connectivity index (χ1n) is 10.2. The molecule has 1 aromatic carbocycles. The molecule has 3 aliphatic heterocycles. The number of nitrogens with zero attached hydrogens (tertiary/aromatic N) is 2. The predicted molar refractivity (Wildman–Crippen MR) is 108 cm³/mol. The Labute approximate surface area is 174 Å². The highest BCUT2D eigenvalue weighted by Crippen LogP contribution is 2.35. The molecule has 0 radical (unpaired) electrons. The molecular weight excluding hydrogens is 386 g/mol. The number of piperidine rings is 1. The highest BCUT2D eigenvalue weighted by atomic mass is 16.7. The summed E-state index contributed by atoms with van der Waals surface area (Å²) in [5.74, 6) is 2.04. The lowest BCUT2D eigenvalue weighted by Gasteiger charge is -2.39. The smallest absolute Gasteiger partial charge is 0.254 e. The van der Waals surface area contributed by atoms with Crippen molar-refractivity contribution >= 4 is 17.5 Å². The number of likely N-dealkylation sites (tertiary alicyclic amines) is 1. The van der Waals surface area contributed by atoms with E-state index in [4.69, 9.17) is 14.2 Å². The summed E-state index contributed by atoms with van der Waals surface area (Å²) in [5, 5.41) is 2.91. The Morgan fingerprint density at radius 2 is 2.00 bits per heavy atom. The number of benzene rings is 1. The van der Waals surface area contributed by atoms with Gasteiger partial charge in [-0.25, -0.2) is 4.98 Å². The summed E-state index contributed by atoms with van der Waals surface area (Å²) in [4.78, 5) is 31.7. The third kappa shape index (κ3) is 3.65. The Balaban J connectivity index is 1.30. The van der Waals surface area contributed by atoms with Gasteiger partial charge in [-0.3, -0.25) is 9.59 Å². The van der Waals surface area contributed by atoms with E-state index < -0.39 is 0 Å². The number of nitrogens with one attached hydrogen (secondary N) is 1. The SMILES string of the molecule is O=C1C[C@@H]2CCN(C(=O)c3ccc4c(c3)OCO4)C[C@@H]2CCOc2ncccc2N1. The molecule has 0 saturated carbocycles. The summed E-state index contributed by atoms with van der Waals surface area (Å²) >= 11 is 0. The Hall–Kier alpha value is -3.29. The zero-order chi connectivity index (χ0) is 20.5. The first kappa shape index (κ1) is 18.7. The molecule has 4 heterocycles. The van der Waals surface area contributed by atoms with Gasteiger partial charge in [-0.1, -0.05) is 0 Å². The average molecular weight is 409 g/mol. The molecular formula is C22H23N3O5. The van der Waals surface area contributed by atoms with Crippen LogP contribution < -0.4 is 19.5 Å². The van der Waals surface area contributed by atoms with Crippen LogP contribution in [0.2, 0.25) is 0 Å². The minimum atomic E-state index is -0.0414. The van der Waals surface area contributed by atoms with Gasteiger partial charge in [0.25, 0.3) is 5.91 Å². The van der Waals surface area contributed by atoms with Crippen LogP contribution in [-0.4, -0.2) is 48.2 Å². The van der Waals surface area contributed by atoms with Crippen LogP contribution >= 0.6 is 0 Å². The first-order chi connectivity index (χ1) is 14.7. The topological polar surface area (TPSA) is 90.0 Å². The standard InChI is InChI=1S/C22H23N3O5/c26-20-11-14-5-8-25(22(27)15-3-4-18-19(10-15)30-13-29-18)12-16(14)6-9-28-21-17(24-20)2-1-7-23-21/h1-4,7,10,14,16H,5-6,8-9,11-13H2,(H,24,26)/t14-,16-/m0/s1. The Bertz CT molecular complexity index is 979. The van der Waals surface area contributed by atoms with Crippen molar-refractivity contribution in [2.24, 2.45) is 11.8 Å². The fraction of sp³-hybridized carbons (Fsp3) is 0.409. The lowest BCUT2D eigenvalue weighted by Crippen LogP contribution is -2.45. The molecule has 0 spiro atoms. The van der Waals surface area contributed by atoms with E-state index in [2.05, 4.69) is 10.3 Å². The summed E-state index contributed by atoms with van der Waals surface area (Å²) in [5.41, 5.74) is 1.20. The fourth-order valence-corrected chi connectivity index (χ4v) is 4.42. The van der Waals surface area contributed by atoms with Gasteiger partial charge in [-0.2, -0.15) is 0 Å². The van der Waals surface area contributed by atoms with Crippen LogP contribution in [0.1, 0.15) is 29.6 Å². The molecule has 8 heteroatoms. The molecule has 1 saturated heterocycles. The van der Waals surface area contributed by atoms with Gasteiger partial charge in [-0.05, 0) is 55.0 Å². The number of carbonyl (C=O) groups excluding carboxylic acids is 2. The molecule has 2 amide bonds. The first-order valence-corrected chi connectivity index (χ1v) is 10.2.